The number of hydrogen-bond acceptors (Lipinski definition) is 3. The molecule has 0 aliphatic carbocycles. The first kappa shape index (κ1) is 16.6. The van der Waals surface area contributed by atoms with Gasteiger partial charge in [0.25, 0.3) is 0 Å². The maximum absolute atomic E-state index is 12.0. The lowest BCUT2D eigenvalue weighted by molar-refractivity contribution is -0.124. The first-order chi connectivity index (χ1) is 7.84. The highest BCUT2D eigenvalue weighted by Gasteiger charge is 2.20. The van der Waals surface area contributed by atoms with Gasteiger partial charge < -0.3 is 10.2 Å². The van der Waals surface area contributed by atoms with E-state index in [9.17, 15) is 4.79 Å². The molecule has 0 bridgehead atoms. The van der Waals surface area contributed by atoms with Gasteiger partial charge in [-0.15, -0.1) is 0 Å². The van der Waals surface area contributed by atoms with Crippen LogP contribution in [0.4, 0.5) is 0 Å². The summed E-state index contributed by atoms with van der Waals surface area (Å²) in [6.45, 7) is 9.26. The average molecular weight is 242 g/mol. The van der Waals surface area contributed by atoms with Gasteiger partial charge in [-0.3, -0.25) is 4.79 Å². The van der Waals surface area contributed by atoms with Crippen LogP contribution in [0, 0.1) is 5.92 Å². The van der Waals surface area contributed by atoms with E-state index in [1.54, 1.807) is 0 Å². The summed E-state index contributed by atoms with van der Waals surface area (Å²) in [6, 6.07) is 0.411. The molecule has 102 valence electrons. The quantitative estimate of drug-likeness (QED) is 0.630. The van der Waals surface area contributed by atoms with Crippen LogP contribution in [0.3, 0.4) is 0 Å². The molecule has 0 saturated heterocycles. The van der Waals surface area contributed by atoms with E-state index in [1.165, 1.54) is 0 Å². The Bertz CT molecular complexity index is 212. The Hall–Kier alpha value is -0.410. The highest BCUT2D eigenvalue weighted by atomic mass is 16.1. The first-order valence-electron chi connectivity index (χ1n) is 6.79. The molecule has 0 amide bonds. The van der Waals surface area contributed by atoms with Crippen LogP contribution in [0.2, 0.25) is 0 Å². The van der Waals surface area contributed by atoms with Crippen LogP contribution in [0.5, 0.6) is 0 Å². The number of nitrogens with one attached hydrogen (secondary N) is 1. The molecule has 1 atom stereocenters. The van der Waals surface area contributed by atoms with Crippen molar-refractivity contribution >= 4 is 5.78 Å². The van der Waals surface area contributed by atoms with Crippen molar-refractivity contribution < 1.29 is 4.79 Å². The summed E-state index contributed by atoms with van der Waals surface area (Å²) >= 11 is 0. The van der Waals surface area contributed by atoms with E-state index in [0.29, 0.717) is 11.8 Å². The summed E-state index contributed by atoms with van der Waals surface area (Å²) in [4.78, 5) is 14.2. The molecule has 0 aliphatic heterocycles. The fraction of sp³-hybridized carbons (Fsp3) is 0.929. The number of ketones is 1. The Balaban J connectivity index is 4.07. The minimum Gasteiger partial charge on any atom is -0.309 e. The molecule has 0 saturated carbocycles. The number of Topliss-reactive ketones (excluding diaryl/α,β-unsaturated/α-hetero) is 1. The highest BCUT2D eigenvalue weighted by Crippen LogP contribution is 2.09. The Morgan fingerprint density at radius 3 is 2.12 bits per heavy atom. The summed E-state index contributed by atoms with van der Waals surface area (Å²) in [7, 11) is 4.17. The summed E-state index contributed by atoms with van der Waals surface area (Å²) in [5.41, 5.74) is 0. The SMILES string of the molecule is CC(C)NC(CCCCN(C)C)C(=O)C(C)C. The number of rotatable bonds is 9. The fourth-order valence-corrected chi connectivity index (χ4v) is 1.89. The van der Waals surface area contributed by atoms with Crippen molar-refractivity contribution in [2.75, 3.05) is 20.6 Å². The molecule has 17 heavy (non-hydrogen) atoms. The second-order valence-electron chi connectivity index (χ2n) is 5.73. The maximum Gasteiger partial charge on any atom is 0.152 e. The Labute approximate surface area is 107 Å². The third-order valence-corrected chi connectivity index (χ3v) is 2.80. The molecule has 0 rings (SSSR count). The highest BCUT2D eigenvalue weighted by molar-refractivity contribution is 5.85. The van der Waals surface area contributed by atoms with Gasteiger partial charge in [0.15, 0.2) is 5.78 Å². The fourth-order valence-electron chi connectivity index (χ4n) is 1.89. The molecule has 3 nitrogen and oxygen atoms in total. The van der Waals surface area contributed by atoms with Crippen molar-refractivity contribution in [2.24, 2.45) is 5.92 Å². The summed E-state index contributed by atoms with van der Waals surface area (Å²) < 4.78 is 0. The van der Waals surface area contributed by atoms with Gasteiger partial charge in [0.05, 0.1) is 6.04 Å². The van der Waals surface area contributed by atoms with Crippen LogP contribution in [-0.2, 0) is 4.79 Å². The van der Waals surface area contributed by atoms with Crippen molar-refractivity contribution in [3.63, 3.8) is 0 Å². The van der Waals surface area contributed by atoms with Crippen LogP contribution in [-0.4, -0.2) is 43.4 Å². The number of hydrogen-bond donors (Lipinski definition) is 1. The van der Waals surface area contributed by atoms with Crippen molar-refractivity contribution in [1.29, 1.82) is 0 Å². The van der Waals surface area contributed by atoms with Gasteiger partial charge in [-0.1, -0.05) is 34.1 Å². The van der Waals surface area contributed by atoms with E-state index < -0.39 is 0 Å². The van der Waals surface area contributed by atoms with Crippen molar-refractivity contribution in [1.82, 2.24) is 10.2 Å². The second kappa shape index (κ2) is 8.65. The Morgan fingerprint density at radius 1 is 1.12 bits per heavy atom. The molecule has 0 aromatic heterocycles. The van der Waals surface area contributed by atoms with E-state index in [2.05, 4.69) is 38.2 Å². The number of nitrogens with zero attached hydrogens (tertiary/aromatic N) is 1. The zero-order valence-electron chi connectivity index (χ0n) is 12.4. The second-order valence-corrected chi connectivity index (χ2v) is 5.73. The molecule has 0 fully saturated rings. The van der Waals surface area contributed by atoms with Crippen LogP contribution in [0.15, 0.2) is 0 Å². The van der Waals surface area contributed by atoms with Crippen molar-refractivity contribution in [3.05, 3.63) is 0 Å². The van der Waals surface area contributed by atoms with E-state index in [-0.39, 0.29) is 12.0 Å². The largest absolute Gasteiger partial charge is 0.309 e. The van der Waals surface area contributed by atoms with Crippen molar-refractivity contribution in [2.45, 2.75) is 59.0 Å². The molecule has 0 aliphatic rings. The summed E-state index contributed by atoms with van der Waals surface area (Å²) in [5, 5.41) is 3.39. The molecular formula is C14H30N2O. The molecule has 0 heterocycles. The van der Waals surface area contributed by atoms with Crippen LogP contribution < -0.4 is 5.32 Å². The Morgan fingerprint density at radius 2 is 1.71 bits per heavy atom. The number of carbonyl (C=O) groups is 1. The third-order valence-electron chi connectivity index (χ3n) is 2.80. The molecule has 3 heteroatoms. The zero-order chi connectivity index (χ0) is 13.4. The number of carbonyl (C=O) groups excluding carboxylic acids is 1. The minimum atomic E-state index is 0.0390. The van der Waals surface area contributed by atoms with Gasteiger partial charge >= 0.3 is 0 Å². The van der Waals surface area contributed by atoms with E-state index in [0.717, 1.165) is 25.8 Å². The van der Waals surface area contributed by atoms with Gasteiger partial charge in [-0.05, 0) is 33.5 Å². The molecule has 0 aromatic carbocycles. The van der Waals surface area contributed by atoms with Crippen molar-refractivity contribution in [3.8, 4) is 0 Å². The Kier molecular flexibility index (Phi) is 8.44. The maximum atomic E-state index is 12.0. The molecule has 1 N–H and O–H groups in total. The predicted molar refractivity (Wildman–Crippen MR) is 74.3 cm³/mol. The zero-order valence-corrected chi connectivity index (χ0v) is 12.4. The van der Waals surface area contributed by atoms with Crippen LogP contribution in [0.1, 0.15) is 47.0 Å². The minimum absolute atomic E-state index is 0.0390. The van der Waals surface area contributed by atoms with Gasteiger partial charge in [0.1, 0.15) is 0 Å². The third kappa shape index (κ3) is 8.33. The van der Waals surface area contributed by atoms with E-state index >= 15 is 0 Å². The lowest BCUT2D eigenvalue weighted by atomic mass is 9.96. The molecule has 0 aromatic rings. The van der Waals surface area contributed by atoms with E-state index in [1.807, 2.05) is 13.8 Å². The topological polar surface area (TPSA) is 32.3 Å². The molecule has 0 radical (unpaired) electrons. The predicted octanol–water partition coefficient (Wildman–Crippen LogP) is 2.31. The monoisotopic (exact) mass is 242 g/mol. The van der Waals surface area contributed by atoms with Gasteiger partial charge in [0.2, 0.25) is 0 Å². The lowest BCUT2D eigenvalue weighted by Crippen LogP contribution is -2.42. The standard InChI is InChI=1S/C14H30N2O/c1-11(2)14(17)13(15-12(3)4)9-7-8-10-16(5)6/h11-13,15H,7-10H2,1-6H3. The smallest absolute Gasteiger partial charge is 0.152 e. The summed E-state index contributed by atoms with van der Waals surface area (Å²) in [5.74, 6) is 0.476. The molecular weight excluding hydrogens is 212 g/mol. The molecule has 0 spiro atoms. The van der Waals surface area contributed by atoms with Crippen LogP contribution >= 0.6 is 0 Å². The average Bonchev–Trinajstić information content (AvgIpc) is 2.20. The first-order valence-corrected chi connectivity index (χ1v) is 6.79. The van der Waals surface area contributed by atoms with Gasteiger partial charge in [0, 0.05) is 12.0 Å². The normalized spacial score (nSPS) is 13.7. The molecule has 1 unspecified atom stereocenters. The lowest BCUT2D eigenvalue weighted by Gasteiger charge is -2.22. The van der Waals surface area contributed by atoms with E-state index in [4.69, 9.17) is 0 Å². The van der Waals surface area contributed by atoms with Crippen LogP contribution in [0.25, 0.3) is 0 Å². The number of unbranched alkanes of at least 4 members (excludes halogenated alkanes) is 1. The summed E-state index contributed by atoms with van der Waals surface area (Å²) in [6.07, 6.45) is 3.23. The van der Waals surface area contributed by atoms with Gasteiger partial charge in [-0.25, -0.2) is 0 Å². The van der Waals surface area contributed by atoms with Gasteiger partial charge in [-0.2, -0.15) is 0 Å².